The minimum Gasteiger partial charge on any atom is -0.380 e. The van der Waals surface area contributed by atoms with Crippen molar-refractivity contribution in [3.8, 4) is 0 Å². The second-order valence-electron chi connectivity index (χ2n) is 5.65. The van der Waals surface area contributed by atoms with Gasteiger partial charge < -0.3 is 15.4 Å². The number of nitrogens with zero attached hydrogens (tertiary/aromatic N) is 1. The van der Waals surface area contributed by atoms with Gasteiger partial charge in [0, 0.05) is 26.2 Å². The van der Waals surface area contributed by atoms with Gasteiger partial charge in [0.15, 0.2) is 0 Å². The monoisotopic (exact) mass is 226 g/mol. The number of hydrogen-bond acceptors (Lipinski definition) is 3. The molecule has 0 bridgehead atoms. The smallest absolute Gasteiger partial charge is 0.0724 e. The van der Waals surface area contributed by atoms with Crippen molar-refractivity contribution in [1.29, 1.82) is 0 Å². The van der Waals surface area contributed by atoms with Gasteiger partial charge in [-0.1, -0.05) is 13.3 Å². The molecule has 0 aromatic rings. The van der Waals surface area contributed by atoms with Crippen molar-refractivity contribution < 1.29 is 4.74 Å². The SMILES string of the molecule is COC1CN(CC2CCCC2N)CCC1C. The minimum absolute atomic E-state index is 0.423. The number of hydrogen-bond donors (Lipinski definition) is 1. The third kappa shape index (κ3) is 2.76. The lowest BCUT2D eigenvalue weighted by Crippen LogP contribution is -2.47. The summed E-state index contributed by atoms with van der Waals surface area (Å²) in [6, 6.07) is 0.445. The van der Waals surface area contributed by atoms with Gasteiger partial charge in [-0.2, -0.15) is 0 Å². The van der Waals surface area contributed by atoms with Crippen molar-refractivity contribution in [3.63, 3.8) is 0 Å². The quantitative estimate of drug-likeness (QED) is 0.792. The molecule has 2 aliphatic rings. The minimum atomic E-state index is 0.423. The number of methoxy groups -OCH3 is 1. The first-order valence-electron chi connectivity index (χ1n) is 6.71. The first kappa shape index (κ1) is 12.3. The van der Waals surface area contributed by atoms with Crippen LogP contribution in [0.2, 0.25) is 0 Å². The van der Waals surface area contributed by atoms with Gasteiger partial charge in [-0.3, -0.25) is 0 Å². The van der Waals surface area contributed by atoms with E-state index in [9.17, 15) is 0 Å². The van der Waals surface area contributed by atoms with E-state index in [4.69, 9.17) is 10.5 Å². The topological polar surface area (TPSA) is 38.5 Å². The molecule has 94 valence electrons. The molecular formula is C13H26N2O. The van der Waals surface area contributed by atoms with Gasteiger partial charge in [0.2, 0.25) is 0 Å². The highest BCUT2D eigenvalue weighted by Gasteiger charge is 2.30. The zero-order chi connectivity index (χ0) is 11.5. The number of nitrogens with two attached hydrogens (primary N) is 1. The Labute approximate surface area is 99.3 Å². The summed E-state index contributed by atoms with van der Waals surface area (Å²) in [6.07, 6.45) is 5.56. The predicted octanol–water partition coefficient (Wildman–Crippen LogP) is 1.47. The summed E-state index contributed by atoms with van der Waals surface area (Å²) in [5, 5.41) is 0. The van der Waals surface area contributed by atoms with Crippen molar-refractivity contribution in [2.75, 3.05) is 26.7 Å². The Balaban J connectivity index is 1.81. The van der Waals surface area contributed by atoms with Crippen LogP contribution >= 0.6 is 0 Å². The Morgan fingerprint density at radius 3 is 2.75 bits per heavy atom. The van der Waals surface area contributed by atoms with Crippen LogP contribution in [0.5, 0.6) is 0 Å². The van der Waals surface area contributed by atoms with E-state index in [0.29, 0.717) is 18.1 Å². The van der Waals surface area contributed by atoms with Crippen LogP contribution in [-0.4, -0.2) is 43.8 Å². The maximum absolute atomic E-state index is 6.13. The molecule has 0 spiro atoms. The van der Waals surface area contributed by atoms with Gasteiger partial charge >= 0.3 is 0 Å². The maximum atomic E-state index is 6.13. The van der Waals surface area contributed by atoms with Crippen LogP contribution in [0.3, 0.4) is 0 Å². The van der Waals surface area contributed by atoms with E-state index >= 15 is 0 Å². The van der Waals surface area contributed by atoms with Crippen LogP contribution < -0.4 is 5.73 Å². The van der Waals surface area contributed by atoms with E-state index in [-0.39, 0.29) is 0 Å². The number of ether oxygens (including phenoxy) is 1. The molecule has 1 saturated heterocycles. The average molecular weight is 226 g/mol. The Morgan fingerprint density at radius 1 is 1.31 bits per heavy atom. The van der Waals surface area contributed by atoms with Crippen LogP contribution in [-0.2, 0) is 4.74 Å². The number of piperidine rings is 1. The molecule has 2 rings (SSSR count). The molecule has 1 aliphatic carbocycles. The van der Waals surface area contributed by atoms with Gasteiger partial charge in [0.25, 0.3) is 0 Å². The molecule has 0 aromatic heterocycles. The van der Waals surface area contributed by atoms with E-state index < -0.39 is 0 Å². The van der Waals surface area contributed by atoms with E-state index in [1.165, 1.54) is 38.8 Å². The molecule has 0 aromatic carbocycles. The first-order chi connectivity index (χ1) is 7.70. The molecule has 3 heteroatoms. The maximum Gasteiger partial charge on any atom is 0.0724 e. The Morgan fingerprint density at radius 2 is 2.12 bits per heavy atom. The normalized spacial score (nSPS) is 41.4. The lowest BCUT2D eigenvalue weighted by Gasteiger charge is -2.37. The van der Waals surface area contributed by atoms with Crippen molar-refractivity contribution in [2.45, 2.75) is 44.8 Å². The second-order valence-corrected chi connectivity index (χ2v) is 5.65. The van der Waals surface area contributed by atoms with Gasteiger partial charge in [0.05, 0.1) is 6.10 Å². The Kier molecular flexibility index (Phi) is 4.22. The fourth-order valence-corrected chi connectivity index (χ4v) is 3.19. The van der Waals surface area contributed by atoms with E-state index in [2.05, 4.69) is 11.8 Å². The zero-order valence-corrected chi connectivity index (χ0v) is 10.7. The predicted molar refractivity (Wildman–Crippen MR) is 66.3 cm³/mol. The first-order valence-corrected chi connectivity index (χ1v) is 6.71. The van der Waals surface area contributed by atoms with Crippen LogP contribution in [0, 0.1) is 11.8 Å². The van der Waals surface area contributed by atoms with Gasteiger partial charge in [-0.15, -0.1) is 0 Å². The van der Waals surface area contributed by atoms with Gasteiger partial charge in [-0.25, -0.2) is 0 Å². The third-order valence-electron chi connectivity index (χ3n) is 4.49. The highest BCUT2D eigenvalue weighted by atomic mass is 16.5. The lowest BCUT2D eigenvalue weighted by molar-refractivity contribution is -0.00956. The molecule has 1 saturated carbocycles. The largest absolute Gasteiger partial charge is 0.380 e. The zero-order valence-electron chi connectivity index (χ0n) is 10.7. The fourth-order valence-electron chi connectivity index (χ4n) is 3.19. The summed E-state index contributed by atoms with van der Waals surface area (Å²) < 4.78 is 5.55. The highest BCUT2D eigenvalue weighted by molar-refractivity contribution is 4.85. The average Bonchev–Trinajstić information content (AvgIpc) is 2.67. The van der Waals surface area contributed by atoms with Crippen molar-refractivity contribution in [3.05, 3.63) is 0 Å². The van der Waals surface area contributed by atoms with Crippen molar-refractivity contribution in [2.24, 2.45) is 17.6 Å². The number of rotatable bonds is 3. The van der Waals surface area contributed by atoms with Crippen molar-refractivity contribution in [1.82, 2.24) is 4.90 Å². The highest BCUT2D eigenvalue weighted by Crippen LogP contribution is 2.27. The molecule has 0 radical (unpaired) electrons. The van der Waals surface area contributed by atoms with Crippen LogP contribution in [0.25, 0.3) is 0 Å². The second kappa shape index (κ2) is 5.48. The van der Waals surface area contributed by atoms with Crippen LogP contribution in [0.4, 0.5) is 0 Å². The van der Waals surface area contributed by atoms with Crippen molar-refractivity contribution >= 4 is 0 Å². The van der Waals surface area contributed by atoms with Crippen LogP contribution in [0.15, 0.2) is 0 Å². The summed E-state index contributed by atoms with van der Waals surface area (Å²) in [5.41, 5.74) is 6.13. The molecule has 3 nitrogen and oxygen atoms in total. The lowest BCUT2D eigenvalue weighted by atomic mass is 9.94. The Bertz CT molecular complexity index is 222. The summed E-state index contributed by atoms with van der Waals surface area (Å²) in [4.78, 5) is 2.56. The summed E-state index contributed by atoms with van der Waals surface area (Å²) in [6.45, 7) is 5.81. The molecule has 2 fully saturated rings. The molecule has 1 heterocycles. The molecule has 1 aliphatic heterocycles. The van der Waals surface area contributed by atoms with E-state index in [1.54, 1.807) is 0 Å². The van der Waals surface area contributed by atoms with Gasteiger partial charge in [-0.05, 0) is 37.6 Å². The molecule has 2 N–H and O–H groups in total. The van der Waals surface area contributed by atoms with E-state index in [1.807, 2.05) is 7.11 Å². The third-order valence-corrected chi connectivity index (χ3v) is 4.49. The van der Waals surface area contributed by atoms with E-state index in [0.717, 1.165) is 12.5 Å². The van der Waals surface area contributed by atoms with Gasteiger partial charge in [0.1, 0.15) is 0 Å². The molecular weight excluding hydrogens is 200 g/mol. The molecule has 0 amide bonds. The summed E-state index contributed by atoms with van der Waals surface area (Å²) in [5.74, 6) is 1.43. The Hall–Kier alpha value is -0.120. The number of likely N-dealkylation sites (tertiary alicyclic amines) is 1. The fraction of sp³-hybridized carbons (Fsp3) is 1.00. The summed E-state index contributed by atoms with van der Waals surface area (Å²) >= 11 is 0. The standard InChI is InChI=1S/C13H26N2O/c1-10-6-7-15(9-13(10)16-2)8-11-4-3-5-12(11)14/h10-13H,3-9,14H2,1-2H3. The molecule has 16 heavy (non-hydrogen) atoms. The summed E-state index contributed by atoms with van der Waals surface area (Å²) in [7, 11) is 1.84. The molecule has 4 atom stereocenters. The molecule has 4 unspecified atom stereocenters. The van der Waals surface area contributed by atoms with Crippen LogP contribution in [0.1, 0.15) is 32.6 Å².